The summed E-state index contributed by atoms with van der Waals surface area (Å²) < 4.78 is 26.5. The Bertz CT molecular complexity index is 969. The smallest absolute Gasteiger partial charge is 0.206 e. The van der Waals surface area contributed by atoms with E-state index in [2.05, 4.69) is 31.6 Å². The molecule has 0 spiro atoms. The molecule has 0 saturated carbocycles. The number of allylic oxidation sites excluding steroid dienone is 2. The number of halogens is 1. The van der Waals surface area contributed by atoms with Crippen LogP contribution in [0.2, 0.25) is 0 Å². The molecule has 5 heteroatoms. The Labute approximate surface area is 178 Å². The Kier molecular flexibility index (Phi) is 5.93. The van der Waals surface area contributed by atoms with Crippen LogP contribution in [0.15, 0.2) is 82.9 Å². The number of quaternary nitrogens is 1. The molecule has 0 amide bonds. The molecule has 2 aromatic carbocycles. The van der Waals surface area contributed by atoms with Gasteiger partial charge in [-0.1, -0.05) is 24.3 Å². The maximum Gasteiger partial charge on any atom is 0.206 e. The van der Waals surface area contributed by atoms with Crippen molar-refractivity contribution in [3.8, 4) is 0 Å². The first kappa shape index (κ1) is 20.3. The second-order valence-corrected chi connectivity index (χ2v) is 9.40. The molecular weight excluding hydrogens is 469 g/mol. The van der Waals surface area contributed by atoms with Gasteiger partial charge < -0.3 is 24.0 Å². The van der Waals surface area contributed by atoms with Gasteiger partial charge in [0, 0.05) is 6.42 Å². The molecular formula is C22H24INO2S. The van der Waals surface area contributed by atoms with Crippen molar-refractivity contribution in [2.45, 2.75) is 35.0 Å². The Morgan fingerprint density at radius 1 is 1.00 bits per heavy atom. The van der Waals surface area contributed by atoms with Crippen LogP contribution in [0.3, 0.4) is 0 Å². The minimum Gasteiger partial charge on any atom is -1.00 e. The Morgan fingerprint density at radius 3 is 2.41 bits per heavy atom. The van der Waals surface area contributed by atoms with Crippen LogP contribution in [-0.2, 0) is 16.3 Å². The predicted octanol–water partition coefficient (Wildman–Crippen LogP) is 1.43. The number of benzene rings is 2. The number of nitrogens with zero attached hydrogens (tertiary/aromatic N) is 1. The number of hydrogen-bond donors (Lipinski definition) is 0. The lowest BCUT2D eigenvalue weighted by molar-refractivity contribution is -0.804. The second-order valence-electron chi connectivity index (χ2n) is 7.45. The first-order valence-electron chi connectivity index (χ1n) is 9.13. The third-order valence-corrected chi connectivity index (χ3v) is 7.37. The summed E-state index contributed by atoms with van der Waals surface area (Å²) in [5.74, 6) is 0.524. The Morgan fingerprint density at radius 2 is 1.70 bits per heavy atom. The van der Waals surface area contributed by atoms with Gasteiger partial charge in [0.2, 0.25) is 9.84 Å². The van der Waals surface area contributed by atoms with E-state index in [0.717, 1.165) is 30.3 Å². The van der Waals surface area contributed by atoms with E-state index in [0.29, 0.717) is 15.7 Å². The van der Waals surface area contributed by atoms with E-state index in [1.54, 1.807) is 30.3 Å². The zero-order valence-electron chi connectivity index (χ0n) is 15.4. The first-order chi connectivity index (χ1) is 12.5. The molecule has 0 aromatic heterocycles. The van der Waals surface area contributed by atoms with Gasteiger partial charge in [0.1, 0.15) is 12.4 Å². The zero-order valence-corrected chi connectivity index (χ0v) is 18.4. The highest BCUT2D eigenvalue weighted by Gasteiger charge is 2.28. The second kappa shape index (κ2) is 7.89. The molecule has 2 aliphatic rings. The number of fused-ring (bicyclic) bond motifs is 1. The SMILES string of the molecule is C[N+]1(CCC2CCc3cc(S(=O)(=O)c4ccccc4)ccc32)C=CC=C1.[I-]. The molecule has 1 heterocycles. The standard InChI is InChI=1S/C22H24NO2S.HI/c1-23(14-5-6-15-23)16-13-18-9-10-19-17-21(11-12-22(18)19)26(24,25)20-7-3-2-4-8-20;/h2-8,11-12,14-15,17-18H,9-10,13,16H2,1H3;1H/q+1;/p-1. The van der Waals surface area contributed by atoms with Crippen LogP contribution >= 0.6 is 0 Å². The average Bonchev–Trinajstić information content (AvgIpc) is 3.27. The van der Waals surface area contributed by atoms with Crippen molar-refractivity contribution in [1.82, 2.24) is 0 Å². The zero-order chi connectivity index (χ0) is 18.2. The summed E-state index contributed by atoms with van der Waals surface area (Å²) in [6.07, 6.45) is 11.8. The number of hydrogen-bond acceptors (Lipinski definition) is 2. The van der Waals surface area contributed by atoms with Gasteiger partial charge in [-0.25, -0.2) is 8.42 Å². The molecule has 2 aromatic rings. The monoisotopic (exact) mass is 493 g/mol. The van der Waals surface area contributed by atoms with Crippen molar-refractivity contribution >= 4 is 9.84 Å². The van der Waals surface area contributed by atoms with E-state index >= 15 is 0 Å². The van der Waals surface area contributed by atoms with Gasteiger partial charge in [-0.05, 0) is 66.3 Å². The van der Waals surface area contributed by atoms with Crippen molar-refractivity contribution in [2.24, 2.45) is 0 Å². The van der Waals surface area contributed by atoms with Crippen molar-refractivity contribution in [3.05, 3.63) is 84.2 Å². The molecule has 0 radical (unpaired) electrons. The molecule has 4 rings (SSSR count). The summed E-state index contributed by atoms with van der Waals surface area (Å²) >= 11 is 0. The third-order valence-electron chi connectivity index (χ3n) is 5.60. The normalized spacial score (nSPS) is 19.7. The first-order valence-corrected chi connectivity index (χ1v) is 10.6. The van der Waals surface area contributed by atoms with Gasteiger partial charge >= 0.3 is 0 Å². The minimum absolute atomic E-state index is 0. The fourth-order valence-corrected chi connectivity index (χ4v) is 5.34. The van der Waals surface area contributed by atoms with E-state index in [1.165, 1.54) is 11.1 Å². The lowest BCUT2D eigenvalue weighted by atomic mass is 9.97. The third kappa shape index (κ3) is 4.05. The number of aryl methyl sites for hydroxylation is 1. The van der Waals surface area contributed by atoms with Gasteiger partial charge in [0.15, 0.2) is 0 Å². The van der Waals surface area contributed by atoms with Crippen LogP contribution in [0.4, 0.5) is 0 Å². The number of sulfone groups is 1. The molecule has 0 fully saturated rings. The van der Waals surface area contributed by atoms with Crippen LogP contribution in [0.5, 0.6) is 0 Å². The Balaban J connectivity index is 0.00000210. The van der Waals surface area contributed by atoms with Gasteiger partial charge in [0.05, 0.1) is 23.4 Å². The summed E-state index contributed by atoms with van der Waals surface area (Å²) in [6.45, 7) is 1.07. The quantitative estimate of drug-likeness (QED) is 0.467. The summed E-state index contributed by atoms with van der Waals surface area (Å²) in [5.41, 5.74) is 2.53. The Hall–Kier alpha value is -1.44. The fourth-order valence-electron chi connectivity index (χ4n) is 4.01. The van der Waals surface area contributed by atoms with Gasteiger partial charge in [-0.15, -0.1) is 0 Å². The van der Waals surface area contributed by atoms with Crippen molar-refractivity contribution < 1.29 is 36.9 Å². The summed E-state index contributed by atoms with van der Waals surface area (Å²) in [5, 5.41) is 0. The van der Waals surface area contributed by atoms with E-state index in [9.17, 15) is 8.42 Å². The van der Waals surface area contributed by atoms with Gasteiger partial charge in [-0.2, -0.15) is 0 Å². The minimum atomic E-state index is -3.43. The van der Waals surface area contributed by atoms with Crippen molar-refractivity contribution in [1.29, 1.82) is 0 Å². The largest absolute Gasteiger partial charge is 1.00 e. The highest BCUT2D eigenvalue weighted by atomic mass is 127. The predicted molar refractivity (Wildman–Crippen MR) is 103 cm³/mol. The van der Waals surface area contributed by atoms with E-state index in [4.69, 9.17) is 0 Å². The summed E-state index contributed by atoms with van der Waals surface area (Å²) in [7, 11) is -1.22. The molecule has 0 N–H and O–H groups in total. The fraction of sp³-hybridized carbons (Fsp3) is 0.273. The molecule has 27 heavy (non-hydrogen) atoms. The average molecular weight is 493 g/mol. The van der Waals surface area contributed by atoms with E-state index in [-0.39, 0.29) is 24.0 Å². The van der Waals surface area contributed by atoms with E-state index < -0.39 is 9.84 Å². The lowest BCUT2D eigenvalue weighted by Crippen LogP contribution is -3.00. The summed E-state index contributed by atoms with van der Waals surface area (Å²) in [6, 6.07) is 14.4. The molecule has 142 valence electrons. The van der Waals surface area contributed by atoms with Gasteiger partial charge in [-0.3, -0.25) is 4.48 Å². The van der Waals surface area contributed by atoms with E-state index in [1.807, 2.05) is 18.2 Å². The maximum atomic E-state index is 12.8. The highest BCUT2D eigenvalue weighted by Crippen LogP contribution is 2.38. The summed E-state index contributed by atoms with van der Waals surface area (Å²) in [4.78, 5) is 0.770. The molecule has 3 nitrogen and oxygen atoms in total. The molecule has 0 saturated heterocycles. The number of rotatable bonds is 5. The molecule has 1 unspecified atom stereocenters. The van der Waals surface area contributed by atoms with Crippen LogP contribution in [0.25, 0.3) is 0 Å². The van der Waals surface area contributed by atoms with Crippen LogP contribution in [-0.4, -0.2) is 26.5 Å². The van der Waals surface area contributed by atoms with Crippen LogP contribution < -0.4 is 24.0 Å². The molecule has 1 aliphatic carbocycles. The lowest BCUT2D eigenvalue weighted by Gasteiger charge is -2.25. The van der Waals surface area contributed by atoms with Crippen molar-refractivity contribution in [2.75, 3.05) is 13.6 Å². The van der Waals surface area contributed by atoms with Crippen molar-refractivity contribution in [3.63, 3.8) is 0 Å². The maximum absolute atomic E-state index is 12.8. The molecule has 0 bridgehead atoms. The van der Waals surface area contributed by atoms with Crippen LogP contribution in [0.1, 0.15) is 29.9 Å². The molecule has 1 atom stereocenters. The van der Waals surface area contributed by atoms with Crippen LogP contribution in [0, 0.1) is 0 Å². The topological polar surface area (TPSA) is 34.1 Å². The molecule has 1 aliphatic heterocycles. The van der Waals surface area contributed by atoms with Gasteiger partial charge in [0.25, 0.3) is 0 Å². The highest BCUT2D eigenvalue weighted by molar-refractivity contribution is 7.91.